The first kappa shape index (κ1) is 28.0. The van der Waals surface area contributed by atoms with Gasteiger partial charge in [-0.3, -0.25) is 9.59 Å². The third kappa shape index (κ3) is 5.55. The quantitative estimate of drug-likeness (QED) is 0.267. The summed E-state index contributed by atoms with van der Waals surface area (Å²) in [5.41, 5.74) is 2.64. The fraction of sp³-hybridized carbons (Fsp3) is 0.379. The van der Waals surface area contributed by atoms with E-state index >= 15 is 0 Å². The van der Waals surface area contributed by atoms with E-state index in [1.165, 1.54) is 29.7 Å². The van der Waals surface area contributed by atoms with E-state index in [-0.39, 0.29) is 41.8 Å². The molecule has 3 aromatic rings. The number of aryl methyl sites for hydroxylation is 1. The van der Waals surface area contributed by atoms with E-state index in [1.54, 1.807) is 30.3 Å². The number of carbonyl (C=O) groups is 2. The average Bonchev–Trinajstić information content (AvgIpc) is 3.35. The molecule has 1 aliphatic rings. The highest BCUT2D eigenvalue weighted by molar-refractivity contribution is 7.89. The number of ether oxygens (including phenoxy) is 2. The minimum Gasteiger partial charge on any atom is -0.488 e. The standard InChI is InChI=1S/C29H33NO6S2/c1-6-23-17-30(38(33,34)27-10-8-7-9-24(27)36-23)16-22-15-21(12-11-18(22)2)28(19(3)29(32)35-5)26-14-13-25(37-26)20(4)31/h7-15,19,23,28H,6,16-17H2,1-5H3/t19?,23-,28?/m1/s1. The number of sulfonamides is 1. The van der Waals surface area contributed by atoms with E-state index in [1.807, 2.05) is 45.0 Å². The van der Waals surface area contributed by atoms with Gasteiger partial charge in [-0.15, -0.1) is 11.3 Å². The van der Waals surface area contributed by atoms with Gasteiger partial charge in [-0.25, -0.2) is 8.42 Å². The lowest BCUT2D eigenvalue weighted by Crippen LogP contribution is -2.36. The van der Waals surface area contributed by atoms with Crippen LogP contribution in [0.1, 0.15) is 64.3 Å². The zero-order chi connectivity index (χ0) is 27.6. The number of nitrogens with zero attached hydrogens (tertiary/aromatic N) is 1. The number of ketones is 1. The second-order valence-electron chi connectivity index (χ2n) is 9.63. The van der Waals surface area contributed by atoms with Crippen LogP contribution in [0.3, 0.4) is 0 Å². The molecule has 0 saturated carbocycles. The van der Waals surface area contributed by atoms with Gasteiger partial charge in [-0.05, 0) is 61.2 Å². The number of benzene rings is 2. The molecular weight excluding hydrogens is 522 g/mol. The highest BCUT2D eigenvalue weighted by Gasteiger charge is 2.35. The molecule has 202 valence electrons. The number of hydrogen-bond donors (Lipinski definition) is 0. The zero-order valence-electron chi connectivity index (χ0n) is 22.3. The largest absolute Gasteiger partial charge is 0.488 e. The number of esters is 1. The van der Waals surface area contributed by atoms with Crippen molar-refractivity contribution >= 4 is 33.1 Å². The Balaban J connectivity index is 1.76. The predicted octanol–water partition coefficient (Wildman–Crippen LogP) is 5.56. The summed E-state index contributed by atoms with van der Waals surface area (Å²) >= 11 is 1.36. The molecule has 3 atom stereocenters. The smallest absolute Gasteiger partial charge is 0.309 e. The molecule has 0 spiro atoms. The Morgan fingerprint density at radius 2 is 1.89 bits per heavy atom. The molecule has 0 amide bonds. The van der Waals surface area contributed by atoms with Crippen LogP contribution in [-0.2, 0) is 26.1 Å². The number of hydrogen-bond acceptors (Lipinski definition) is 7. The maximum absolute atomic E-state index is 13.7. The Morgan fingerprint density at radius 1 is 1.16 bits per heavy atom. The summed E-state index contributed by atoms with van der Waals surface area (Å²) in [7, 11) is -2.44. The molecule has 2 heterocycles. The van der Waals surface area contributed by atoms with Crippen molar-refractivity contribution in [2.75, 3.05) is 13.7 Å². The number of para-hydroxylation sites is 1. The van der Waals surface area contributed by atoms with Crippen LogP contribution in [0, 0.1) is 12.8 Å². The molecule has 0 fully saturated rings. The second-order valence-corrected chi connectivity index (χ2v) is 12.6. The highest BCUT2D eigenvalue weighted by Crippen LogP contribution is 2.39. The Kier molecular flexibility index (Phi) is 8.40. The van der Waals surface area contributed by atoms with Gasteiger partial charge in [0, 0.05) is 17.3 Å². The lowest BCUT2D eigenvalue weighted by molar-refractivity contribution is -0.145. The first-order valence-corrected chi connectivity index (χ1v) is 14.9. The number of rotatable bonds is 8. The summed E-state index contributed by atoms with van der Waals surface area (Å²) in [6.07, 6.45) is 0.384. The van der Waals surface area contributed by atoms with Crippen LogP contribution < -0.4 is 4.74 Å². The highest BCUT2D eigenvalue weighted by atomic mass is 32.2. The molecule has 9 heteroatoms. The monoisotopic (exact) mass is 555 g/mol. The van der Waals surface area contributed by atoms with Gasteiger partial charge in [0.15, 0.2) is 5.78 Å². The lowest BCUT2D eigenvalue weighted by Gasteiger charge is -2.25. The molecule has 4 rings (SSSR count). The number of carbonyl (C=O) groups excluding carboxylic acids is 2. The molecule has 2 unspecified atom stereocenters. The van der Waals surface area contributed by atoms with Crippen LogP contribution in [-0.4, -0.2) is 44.2 Å². The minimum atomic E-state index is -3.80. The molecule has 0 N–H and O–H groups in total. The van der Waals surface area contributed by atoms with Crippen LogP contribution in [0.15, 0.2) is 59.5 Å². The first-order chi connectivity index (χ1) is 18.1. The van der Waals surface area contributed by atoms with Gasteiger partial charge < -0.3 is 9.47 Å². The first-order valence-electron chi connectivity index (χ1n) is 12.6. The Morgan fingerprint density at radius 3 is 2.55 bits per heavy atom. The SMILES string of the molecule is CC[C@@H]1CN(Cc2cc(C(c3ccc(C(C)=O)s3)C(C)C(=O)OC)ccc2C)S(=O)(=O)c2ccccc2O1. The van der Waals surface area contributed by atoms with E-state index in [0.717, 1.165) is 21.6 Å². The van der Waals surface area contributed by atoms with Crippen molar-refractivity contribution in [3.63, 3.8) is 0 Å². The van der Waals surface area contributed by atoms with Crippen molar-refractivity contribution in [3.8, 4) is 5.75 Å². The van der Waals surface area contributed by atoms with E-state index < -0.39 is 15.9 Å². The van der Waals surface area contributed by atoms with Gasteiger partial charge in [0.05, 0.1) is 24.4 Å². The van der Waals surface area contributed by atoms with E-state index in [9.17, 15) is 18.0 Å². The van der Waals surface area contributed by atoms with Crippen LogP contribution in [0.5, 0.6) is 5.75 Å². The summed E-state index contributed by atoms with van der Waals surface area (Å²) in [5.74, 6) is -0.883. The van der Waals surface area contributed by atoms with Gasteiger partial charge in [-0.1, -0.05) is 44.2 Å². The average molecular weight is 556 g/mol. The summed E-state index contributed by atoms with van der Waals surface area (Å²) in [6, 6.07) is 16.3. The minimum absolute atomic E-state index is 0.0327. The van der Waals surface area contributed by atoms with Gasteiger partial charge >= 0.3 is 5.97 Å². The van der Waals surface area contributed by atoms with Crippen molar-refractivity contribution in [3.05, 3.63) is 81.0 Å². The molecule has 1 aromatic heterocycles. The molecule has 2 aromatic carbocycles. The number of thiophene rings is 1. The van der Waals surface area contributed by atoms with E-state index in [0.29, 0.717) is 17.0 Å². The van der Waals surface area contributed by atoms with Gasteiger partial charge in [0.2, 0.25) is 10.0 Å². The summed E-state index contributed by atoms with van der Waals surface area (Å²) < 4.78 is 40.0. The third-order valence-corrected chi connectivity index (χ3v) is 10.2. The maximum atomic E-state index is 13.7. The third-order valence-electron chi connectivity index (χ3n) is 7.06. The molecular formula is C29H33NO6S2. The molecule has 0 bridgehead atoms. The normalized spacial score (nSPS) is 18.5. The van der Waals surface area contributed by atoms with Crippen LogP contribution in [0.4, 0.5) is 0 Å². The van der Waals surface area contributed by atoms with E-state index in [2.05, 4.69) is 0 Å². The van der Waals surface area contributed by atoms with Crippen LogP contribution >= 0.6 is 11.3 Å². The fourth-order valence-electron chi connectivity index (χ4n) is 4.78. The van der Waals surface area contributed by atoms with Crippen LogP contribution in [0.25, 0.3) is 0 Å². The second kappa shape index (κ2) is 11.4. The molecule has 7 nitrogen and oxygen atoms in total. The molecule has 38 heavy (non-hydrogen) atoms. The predicted molar refractivity (Wildman–Crippen MR) is 147 cm³/mol. The van der Waals surface area contributed by atoms with Gasteiger partial charge in [0.1, 0.15) is 16.7 Å². The summed E-state index contributed by atoms with van der Waals surface area (Å²) in [5, 5.41) is 0. The number of fused-ring (bicyclic) bond motifs is 1. The zero-order valence-corrected chi connectivity index (χ0v) is 23.9. The van der Waals surface area contributed by atoms with Crippen molar-refractivity contribution < 1.29 is 27.5 Å². The van der Waals surface area contributed by atoms with Crippen molar-refractivity contribution in [2.24, 2.45) is 5.92 Å². The Bertz CT molecular complexity index is 1440. The molecule has 0 radical (unpaired) electrons. The van der Waals surface area contributed by atoms with Crippen molar-refractivity contribution in [1.29, 1.82) is 0 Å². The number of methoxy groups -OCH3 is 1. The lowest BCUT2D eigenvalue weighted by atomic mass is 9.84. The maximum Gasteiger partial charge on any atom is 0.309 e. The number of Topliss-reactive ketones (excluding diaryl/α,β-unsaturated/α-hetero) is 1. The molecule has 0 saturated heterocycles. The van der Waals surface area contributed by atoms with Crippen LogP contribution in [0.2, 0.25) is 0 Å². The van der Waals surface area contributed by atoms with Crippen molar-refractivity contribution in [2.45, 2.75) is 57.6 Å². The van der Waals surface area contributed by atoms with Crippen molar-refractivity contribution in [1.82, 2.24) is 4.31 Å². The van der Waals surface area contributed by atoms with E-state index in [4.69, 9.17) is 9.47 Å². The molecule has 0 aliphatic carbocycles. The van der Waals surface area contributed by atoms with Gasteiger partial charge in [0.25, 0.3) is 0 Å². The Hall–Kier alpha value is -3.01. The fourth-order valence-corrected chi connectivity index (χ4v) is 7.49. The summed E-state index contributed by atoms with van der Waals surface area (Å²) in [6.45, 7) is 7.64. The summed E-state index contributed by atoms with van der Waals surface area (Å²) in [4.78, 5) is 26.3. The Labute approximate surface area is 228 Å². The van der Waals surface area contributed by atoms with Gasteiger partial charge in [-0.2, -0.15) is 4.31 Å². The molecule has 1 aliphatic heterocycles. The topological polar surface area (TPSA) is 90.0 Å².